The highest BCUT2D eigenvalue weighted by Crippen LogP contribution is 2.26. The summed E-state index contributed by atoms with van der Waals surface area (Å²) in [7, 11) is -7.91. The number of sulfonamides is 2. The maximum Gasteiger partial charge on any atom is 0.252 e. The number of carbonyl (C=O) groups excluding carboxylic acids is 2. The fourth-order valence-electron chi connectivity index (χ4n) is 3.93. The van der Waals surface area contributed by atoms with Gasteiger partial charge in [-0.3, -0.25) is 9.59 Å². The molecule has 0 unspecified atom stereocenters. The van der Waals surface area contributed by atoms with E-state index in [2.05, 4.69) is 71.9 Å². The van der Waals surface area contributed by atoms with Crippen molar-refractivity contribution in [1.82, 2.24) is 0 Å². The first kappa shape index (κ1) is 40.1. The van der Waals surface area contributed by atoms with Crippen molar-refractivity contribution in [2.75, 3.05) is 0 Å². The molecule has 0 heterocycles. The minimum atomic E-state index is -3.98. The molecule has 13 heteroatoms. The van der Waals surface area contributed by atoms with E-state index in [9.17, 15) is 26.4 Å². The van der Waals surface area contributed by atoms with Crippen LogP contribution in [0.2, 0.25) is 10.0 Å². The summed E-state index contributed by atoms with van der Waals surface area (Å²) >= 11 is 16.6. The summed E-state index contributed by atoms with van der Waals surface area (Å²) in [6, 6.07) is 25.4. The molecule has 0 saturated carbocycles. The number of ketones is 1. The lowest BCUT2D eigenvalue weighted by Crippen LogP contribution is -2.14. The van der Waals surface area contributed by atoms with Crippen molar-refractivity contribution in [1.29, 1.82) is 0 Å². The van der Waals surface area contributed by atoms with Crippen LogP contribution in [-0.2, 0) is 30.9 Å². The Kier molecular flexibility index (Phi) is 13.5. The smallest absolute Gasteiger partial charge is 0.252 e. The van der Waals surface area contributed by atoms with Gasteiger partial charge in [0, 0.05) is 16.7 Å². The first-order valence-electron chi connectivity index (χ1n) is 14.0. The molecular formula is C34H37Cl3N2O6S2. The molecular weight excluding hydrogens is 703 g/mol. The minimum Gasteiger partial charge on any atom is -0.289 e. The molecule has 0 aliphatic heterocycles. The molecule has 0 saturated heterocycles. The van der Waals surface area contributed by atoms with Crippen LogP contribution in [0.25, 0.3) is 0 Å². The topological polar surface area (TPSA) is 154 Å². The Bertz CT molecular complexity index is 1950. The van der Waals surface area contributed by atoms with E-state index in [1.54, 1.807) is 12.1 Å². The molecule has 0 atom stereocenters. The predicted molar refractivity (Wildman–Crippen MR) is 190 cm³/mol. The van der Waals surface area contributed by atoms with Crippen molar-refractivity contribution in [2.45, 2.75) is 62.2 Å². The van der Waals surface area contributed by atoms with E-state index >= 15 is 0 Å². The normalized spacial score (nSPS) is 11.8. The van der Waals surface area contributed by atoms with Crippen molar-refractivity contribution in [3.05, 3.63) is 129 Å². The number of halogens is 3. The molecule has 4 N–H and O–H groups in total. The lowest BCUT2D eigenvalue weighted by atomic mass is 9.86. The quantitative estimate of drug-likeness (QED) is 0.157. The Hall–Kier alpha value is -3.09. The Morgan fingerprint density at radius 3 is 1.28 bits per heavy atom. The number of hydrogen-bond donors (Lipinski definition) is 2. The van der Waals surface area contributed by atoms with Gasteiger partial charge in [-0.05, 0) is 70.0 Å². The minimum absolute atomic E-state index is 0.00729. The first-order chi connectivity index (χ1) is 21.4. The van der Waals surface area contributed by atoms with Gasteiger partial charge in [-0.25, -0.2) is 27.1 Å². The fraction of sp³-hybridized carbons (Fsp3) is 0.235. The first-order valence-corrected chi connectivity index (χ1v) is 18.2. The Balaban J connectivity index is 0.000000271. The second kappa shape index (κ2) is 15.9. The van der Waals surface area contributed by atoms with Gasteiger partial charge in [-0.15, -0.1) is 0 Å². The average Bonchev–Trinajstić information content (AvgIpc) is 2.96. The molecule has 47 heavy (non-hydrogen) atoms. The zero-order valence-corrected chi connectivity index (χ0v) is 30.6. The highest BCUT2D eigenvalue weighted by molar-refractivity contribution is 7.89. The summed E-state index contributed by atoms with van der Waals surface area (Å²) in [5.74, 6) is -0.285. The zero-order chi connectivity index (χ0) is 36.0. The third-order valence-corrected chi connectivity index (χ3v) is 9.62. The van der Waals surface area contributed by atoms with Gasteiger partial charge in [0.25, 0.3) is 5.24 Å². The van der Waals surface area contributed by atoms with Gasteiger partial charge in [-0.1, -0.05) is 119 Å². The van der Waals surface area contributed by atoms with Gasteiger partial charge in [0.05, 0.1) is 10.0 Å². The Labute approximate surface area is 292 Å². The molecule has 4 aromatic carbocycles. The van der Waals surface area contributed by atoms with Gasteiger partial charge in [-0.2, -0.15) is 0 Å². The maximum absolute atomic E-state index is 12.5. The monoisotopic (exact) mass is 738 g/mol. The predicted octanol–water partition coefficient (Wildman–Crippen LogP) is 7.87. The SMILES string of the molecule is CC(C)(C)c1ccc(C(=O)c2ccc(Cl)c(S(N)(=O)=O)c2)cc1.CC(C)(C)c1ccccc1.NS(=O)(=O)c1cc(C(=O)Cl)ccc1Cl. The van der Waals surface area contributed by atoms with Crippen LogP contribution in [0.4, 0.5) is 0 Å². The molecule has 0 spiro atoms. The lowest BCUT2D eigenvalue weighted by molar-refractivity contribution is 0.103. The van der Waals surface area contributed by atoms with Crippen molar-refractivity contribution >= 4 is 65.9 Å². The molecule has 0 fully saturated rings. The largest absolute Gasteiger partial charge is 0.289 e. The second-order valence-corrected chi connectivity index (χ2v) is 16.6. The van der Waals surface area contributed by atoms with Crippen molar-refractivity contribution in [2.24, 2.45) is 10.3 Å². The third-order valence-electron chi connectivity index (χ3n) is 6.62. The molecule has 4 rings (SSSR count). The summed E-state index contributed by atoms with van der Waals surface area (Å²) in [6.07, 6.45) is 0. The molecule has 4 aromatic rings. The molecule has 0 aliphatic rings. The van der Waals surface area contributed by atoms with Crippen LogP contribution in [0.1, 0.15) is 78.9 Å². The van der Waals surface area contributed by atoms with E-state index < -0.39 is 25.3 Å². The van der Waals surface area contributed by atoms with Crippen molar-refractivity contribution in [3.8, 4) is 0 Å². The number of benzene rings is 4. The molecule has 0 radical (unpaired) electrons. The number of primary sulfonamides is 2. The van der Waals surface area contributed by atoms with E-state index in [1.807, 2.05) is 12.1 Å². The van der Waals surface area contributed by atoms with E-state index in [0.29, 0.717) is 11.0 Å². The van der Waals surface area contributed by atoms with E-state index in [1.165, 1.54) is 35.9 Å². The van der Waals surface area contributed by atoms with Crippen molar-refractivity contribution < 1.29 is 26.4 Å². The average molecular weight is 740 g/mol. The number of hydrogen-bond acceptors (Lipinski definition) is 6. The Morgan fingerprint density at radius 1 is 0.553 bits per heavy atom. The van der Waals surface area contributed by atoms with Gasteiger partial charge >= 0.3 is 0 Å². The second-order valence-electron chi connectivity index (χ2n) is 12.4. The van der Waals surface area contributed by atoms with Crippen LogP contribution in [0.5, 0.6) is 0 Å². The van der Waals surface area contributed by atoms with Crippen LogP contribution in [0, 0.1) is 0 Å². The van der Waals surface area contributed by atoms with Crippen LogP contribution in [0.3, 0.4) is 0 Å². The van der Waals surface area contributed by atoms with Crippen LogP contribution in [0.15, 0.2) is 101 Å². The summed E-state index contributed by atoms with van der Waals surface area (Å²) in [4.78, 5) is 22.7. The standard InChI is InChI=1S/C17H18ClNO3S.C10H14.C7H5Cl2NO3S/c1-17(2,3)13-7-4-11(5-8-13)16(20)12-6-9-14(18)15(10-12)23(19,21)22;1-10(2,3)9-7-5-4-6-8-9;8-5-2-1-4(7(9)11)3-6(5)14(10,12)13/h4-10H,1-3H3,(H2,19,21,22);4-8H,1-3H3;1-3H,(H2,10,12,13). The van der Waals surface area contributed by atoms with Gasteiger partial charge < -0.3 is 0 Å². The van der Waals surface area contributed by atoms with E-state index in [-0.39, 0.29) is 42.2 Å². The molecule has 8 nitrogen and oxygen atoms in total. The fourth-order valence-corrected chi connectivity index (χ4v) is 6.19. The van der Waals surface area contributed by atoms with Gasteiger partial charge in [0.15, 0.2) is 5.78 Å². The summed E-state index contributed by atoms with van der Waals surface area (Å²) in [6.45, 7) is 12.9. The zero-order valence-electron chi connectivity index (χ0n) is 26.7. The van der Waals surface area contributed by atoms with Gasteiger partial charge in [0.1, 0.15) is 9.79 Å². The lowest BCUT2D eigenvalue weighted by Gasteiger charge is -2.19. The number of carbonyl (C=O) groups is 2. The third kappa shape index (κ3) is 12.1. The van der Waals surface area contributed by atoms with Gasteiger partial charge in [0.2, 0.25) is 20.0 Å². The summed E-state index contributed by atoms with van der Waals surface area (Å²) in [5.41, 5.74) is 3.51. The number of rotatable bonds is 5. The molecule has 0 amide bonds. The maximum atomic E-state index is 12.5. The summed E-state index contributed by atoms with van der Waals surface area (Å²) < 4.78 is 44.9. The summed E-state index contributed by atoms with van der Waals surface area (Å²) in [5, 5.41) is 9.14. The molecule has 252 valence electrons. The van der Waals surface area contributed by atoms with Crippen molar-refractivity contribution in [3.63, 3.8) is 0 Å². The van der Waals surface area contributed by atoms with Crippen LogP contribution in [-0.4, -0.2) is 27.9 Å². The van der Waals surface area contributed by atoms with E-state index in [0.717, 1.165) is 11.6 Å². The van der Waals surface area contributed by atoms with Crippen LogP contribution >= 0.6 is 34.8 Å². The molecule has 0 aromatic heterocycles. The van der Waals surface area contributed by atoms with Crippen LogP contribution < -0.4 is 10.3 Å². The Morgan fingerprint density at radius 2 is 0.915 bits per heavy atom. The molecule has 0 aliphatic carbocycles. The van der Waals surface area contributed by atoms with E-state index in [4.69, 9.17) is 45.1 Å². The highest BCUT2D eigenvalue weighted by Gasteiger charge is 2.19. The molecule has 0 bridgehead atoms. The highest BCUT2D eigenvalue weighted by atomic mass is 35.5. The number of nitrogens with two attached hydrogens (primary N) is 2.